The lowest BCUT2D eigenvalue weighted by atomic mass is 10.1. The summed E-state index contributed by atoms with van der Waals surface area (Å²) in [4.78, 5) is 24.3. The number of amides is 2. The van der Waals surface area contributed by atoms with Gasteiger partial charge in [-0.15, -0.1) is 0 Å². The maximum Gasteiger partial charge on any atom is 0.271 e. The minimum Gasteiger partial charge on any atom is -0.504 e. The van der Waals surface area contributed by atoms with E-state index in [2.05, 4.69) is 15.8 Å². The Morgan fingerprint density at radius 2 is 1.60 bits per heavy atom. The van der Waals surface area contributed by atoms with E-state index < -0.39 is 17.6 Å². The highest BCUT2D eigenvalue weighted by molar-refractivity contribution is 6.04. The van der Waals surface area contributed by atoms with Crippen LogP contribution in [-0.2, 0) is 0 Å². The van der Waals surface area contributed by atoms with Crippen molar-refractivity contribution in [2.24, 2.45) is 5.10 Å². The van der Waals surface area contributed by atoms with Crippen molar-refractivity contribution in [3.8, 4) is 11.5 Å². The number of anilines is 1. The Bertz CT molecular complexity index is 1080. The quantitative estimate of drug-likeness (QED) is 0.430. The van der Waals surface area contributed by atoms with Gasteiger partial charge in [-0.2, -0.15) is 5.10 Å². The van der Waals surface area contributed by atoms with Gasteiger partial charge in [0.25, 0.3) is 11.8 Å². The van der Waals surface area contributed by atoms with Crippen molar-refractivity contribution < 1.29 is 23.8 Å². The number of benzene rings is 3. The molecule has 3 N–H and O–H groups in total. The normalized spacial score (nSPS) is 10.6. The van der Waals surface area contributed by atoms with Gasteiger partial charge in [-0.3, -0.25) is 9.59 Å². The molecule has 0 aliphatic heterocycles. The predicted molar refractivity (Wildman–Crippen MR) is 111 cm³/mol. The van der Waals surface area contributed by atoms with Gasteiger partial charge in [-0.25, -0.2) is 9.82 Å². The number of para-hydroxylation sites is 1. The van der Waals surface area contributed by atoms with Crippen LogP contribution in [0.1, 0.15) is 26.3 Å². The van der Waals surface area contributed by atoms with E-state index in [4.69, 9.17) is 4.74 Å². The number of hydrazone groups is 1. The zero-order chi connectivity index (χ0) is 21.5. The number of methoxy groups -OCH3 is 1. The number of rotatable bonds is 6. The van der Waals surface area contributed by atoms with Gasteiger partial charge in [0.05, 0.1) is 13.3 Å². The van der Waals surface area contributed by atoms with E-state index >= 15 is 0 Å². The van der Waals surface area contributed by atoms with E-state index in [-0.39, 0.29) is 5.75 Å². The summed E-state index contributed by atoms with van der Waals surface area (Å²) in [6.07, 6.45) is 1.30. The van der Waals surface area contributed by atoms with Crippen molar-refractivity contribution in [2.45, 2.75) is 0 Å². The van der Waals surface area contributed by atoms with Crippen LogP contribution in [0.15, 0.2) is 71.8 Å². The standard InChI is InChI=1S/C22H18FN3O4/c1-30-19-4-2-3-16(20(19)27)13-24-26-22(29)15-7-11-18(12-8-15)25-21(28)14-5-9-17(23)10-6-14/h2-13,27H,1H3,(H,25,28)(H,26,29)/b24-13-. The number of phenols is 1. The van der Waals surface area contributed by atoms with E-state index in [1.165, 1.54) is 49.7 Å². The van der Waals surface area contributed by atoms with Gasteiger partial charge in [0.1, 0.15) is 5.82 Å². The molecule has 0 heterocycles. The number of carbonyl (C=O) groups is 2. The minimum atomic E-state index is -0.468. The third-order valence-corrected chi connectivity index (χ3v) is 4.13. The molecule has 7 nitrogen and oxygen atoms in total. The summed E-state index contributed by atoms with van der Waals surface area (Å²) in [5.41, 5.74) is 3.85. The van der Waals surface area contributed by atoms with Gasteiger partial charge in [0, 0.05) is 22.4 Å². The molecular formula is C22H18FN3O4. The topological polar surface area (TPSA) is 100 Å². The SMILES string of the molecule is COc1cccc(/C=N\NC(=O)c2ccc(NC(=O)c3ccc(F)cc3)cc2)c1O. The average molecular weight is 407 g/mol. The average Bonchev–Trinajstić information content (AvgIpc) is 2.75. The van der Waals surface area contributed by atoms with Crippen LogP contribution in [0.25, 0.3) is 0 Å². The minimum absolute atomic E-state index is 0.0840. The number of halogens is 1. The smallest absolute Gasteiger partial charge is 0.271 e. The summed E-state index contributed by atoms with van der Waals surface area (Å²) in [5.74, 6) is -1.08. The molecule has 0 atom stereocenters. The fourth-order valence-corrected chi connectivity index (χ4v) is 2.54. The molecule has 3 aromatic rings. The molecule has 0 unspecified atom stereocenters. The van der Waals surface area contributed by atoms with Crippen LogP contribution in [0.3, 0.4) is 0 Å². The molecule has 0 saturated carbocycles. The summed E-state index contributed by atoms with van der Waals surface area (Å²) in [7, 11) is 1.43. The predicted octanol–water partition coefficient (Wildman–Crippen LogP) is 3.56. The van der Waals surface area contributed by atoms with Gasteiger partial charge in [-0.05, 0) is 60.7 Å². The van der Waals surface area contributed by atoms with E-state index in [1.54, 1.807) is 30.3 Å². The van der Waals surface area contributed by atoms with Crippen molar-refractivity contribution in [1.82, 2.24) is 5.43 Å². The monoisotopic (exact) mass is 407 g/mol. The van der Waals surface area contributed by atoms with Crippen LogP contribution < -0.4 is 15.5 Å². The fourth-order valence-electron chi connectivity index (χ4n) is 2.54. The van der Waals surface area contributed by atoms with Crippen LogP contribution in [0.5, 0.6) is 11.5 Å². The maximum atomic E-state index is 12.9. The molecule has 0 aromatic heterocycles. The first-order chi connectivity index (χ1) is 14.5. The van der Waals surface area contributed by atoms with Crippen molar-refractivity contribution in [3.63, 3.8) is 0 Å². The largest absolute Gasteiger partial charge is 0.504 e. The number of hydrogen-bond acceptors (Lipinski definition) is 5. The highest BCUT2D eigenvalue weighted by atomic mass is 19.1. The summed E-state index contributed by atoms with van der Waals surface area (Å²) in [5, 5.41) is 16.5. The van der Waals surface area contributed by atoms with Gasteiger partial charge < -0.3 is 15.2 Å². The van der Waals surface area contributed by atoms with Crippen molar-refractivity contribution >= 4 is 23.7 Å². The molecule has 0 radical (unpaired) electrons. The van der Waals surface area contributed by atoms with Crippen LogP contribution in [-0.4, -0.2) is 30.2 Å². The summed E-state index contributed by atoms with van der Waals surface area (Å²) < 4.78 is 17.9. The van der Waals surface area contributed by atoms with Gasteiger partial charge >= 0.3 is 0 Å². The Morgan fingerprint density at radius 1 is 0.967 bits per heavy atom. The molecule has 0 fully saturated rings. The molecule has 0 aliphatic carbocycles. The number of hydrogen-bond donors (Lipinski definition) is 3. The molecular weight excluding hydrogens is 389 g/mol. The molecule has 2 amide bonds. The highest BCUT2D eigenvalue weighted by Gasteiger charge is 2.09. The number of phenolic OH excluding ortho intramolecular Hbond substituents is 1. The number of aromatic hydroxyl groups is 1. The second-order valence-corrected chi connectivity index (χ2v) is 6.14. The lowest BCUT2D eigenvalue weighted by Gasteiger charge is -2.07. The van der Waals surface area contributed by atoms with Crippen LogP contribution in [0.4, 0.5) is 10.1 Å². The molecule has 0 spiro atoms. The number of carbonyl (C=O) groups excluding carboxylic acids is 2. The molecule has 8 heteroatoms. The first-order valence-corrected chi connectivity index (χ1v) is 8.84. The molecule has 0 bridgehead atoms. The third kappa shape index (κ3) is 4.99. The van der Waals surface area contributed by atoms with Crippen LogP contribution in [0, 0.1) is 5.82 Å². The lowest BCUT2D eigenvalue weighted by Crippen LogP contribution is -2.18. The molecule has 0 saturated heterocycles. The summed E-state index contributed by atoms with van der Waals surface area (Å²) >= 11 is 0. The van der Waals surface area contributed by atoms with Crippen LogP contribution >= 0.6 is 0 Å². The van der Waals surface area contributed by atoms with E-state index in [1.807, 2.05) is 0 Å². The summed E-state index contributed by atoms with van der Waals surface area (Å²) in [6.45, 7) is 0. The van der Waals surface area contributed by atoms with E-state index in [0.717, 1.165) is 0 Å². The Balaban J connectivity index is 1.60. The van der Waals surface area contributed by atoms with Gasteiger partial charge in [-0.1, -0.05) is 6.07 Å². The Morgan fingerprint density at radius 3 is 2.27 bits per heavy atom. The van der Waals surface area contributed by atoms with E-state index in [9.17, 15) is 19.1 Å². The second-order valence-electron chi connectivity index (χ2n) is 6.14. The first kappa shape index (κ1) is 20.5. The number of nitrogens with one attached hydrogen (secondary N) is 2. The zero-order valence-electron chi connectivity index (χ0n) is 15.9. The molecule has 3 aromatic carbocycles. The van der Waals surface area contributed by atoms with Gasteiger partial charge in [0.2, 0.25) is 0 Å². The number of ether oxygens (including phenoxy) is 1. The Labute approximate surface area is 171 Å². The van der Waals surface area contributed by atoms with E-state index in [0.29, 0.717) is 28.1 Å². The van der Waals surface area contributed by atoms with Crippen molar-refractivity contribution in [3.05, 3.63) is 89.2 Å². The molecule has 0 aliphatic rings. The maximum absolute atomic E-state index is 12.9. The van der Waals surface area contributed by atoms with Gasteiger partial charge in [0.15, 0.2) is 11.5 Å². The molecule has 152 valence electrons. The Kier molecular flexibility index (Phi) is 6.39. The third-order valence-electron chi connectivity index (χ3n) is 4.13. The van der Waals surface area contributed by atoms with Crippen LogP contribution in [0.2, 0.25) is 0 Å². The lowest BCUT2D eigenvalue weighted by molar-refractivity contribution is 0.0954. The molecule has 30 heavy (non-hydrogen) atoms. The first-order valence-electron chi connectivity index (χ1n) is 8.84. The highest BCUT2D eigenvalue weighted by Crippen LogP contribution is 2.27. The number of nitrogens with zero attached hydrogens (tertiary/aromatic N) is 1. The zero-order valence-corrected chi connectivity index (χ0v) is 15.9. The summed E-state index contributed by atoms with van der Waals surface area (Å²) in [6, 6.07) is 16.2. The molecule has 3 rings (SSSR count). The van der Waals surface area contributed by atoms with Crippen molar-refractivity contribution in [1.29, 1.82) is 0 Å². The fraction of sp³-hybridized carbons (Fsp3) is 0.0455. The second kappa shape index (κ2) is 9.33. The van der Waals surface area contributed by atoms with Crippen molar-refractivity contribution in [2.75, 3.05) is 12.4 Å². The Hall–Kier alpha value is -4.20.